The molecule has 5 heteroatoms. The maximum absolute atomic E-state index is 4.73. The number of hydrogen-bond acceptors (Lipinski definition) is 3. The number of nitrogens with zero attached hydrogens (tertiary/aromatic N) is 3. The van der Waals surface area contributed by atoms with Gasteiger partial charge in [-0.1, -0.05) is 0 Å². The van der Waals surface area contributed by atoms with Gasteiger partial charge in [0, 0.05) is 0 Å². The van der Waals surface area contributed by atoms with Crippen LogP contribution in [0.2, 0.25) is 5.82 Å². The van der Waals surface area contributed by atoms with Gasteiger partial charge in [-0.25, -0.2) is 0 Å². The number of rotatable bonds is 5. The summed E-state index contributed by atoms with van der Waals surface area (Å²) in [4.78, 5) is 13.9. The molecule has 0 radical (unpaired) electrons. The van der Waals surface area contributed by atoms with Gasteiger partial charge in [0.25, 0.3) is 0 Å². The molecule has 0 atom stereocenters. The average Bonchev–Trinajstić information content (AvgIpc) is 2.67. The molecule has 1 heterocycles. The smallest absolute Gasteiger partial charge is 1.00 e. The van der Waals surface area contributed by atoms with Crippen molar-refractivity contribution in [3.05, 3.63) is 83.2 Å². The van der Waals surface area contributed by atoms with Gasteiger partial charge >= 0.3 is 161 Å². The minimum Gasteiger partial charge on any atom is -1.00 e. The standard InChI is InChI=1S/C21H18N3.CH3.ClH.Fe/c1-16-8-3-5-12-20(16)22-14-18-10-7-11-19(24-18)15-23-21-13-6-4-9-17(21)2;;;/h3-10,12-15H,1-2H3;1H3;1H;/q;;;+1/p-1. The zero-order valence-electron chi connectivity index (χ0n) is 15.5. The number of halogens is 1. The molecule has 0 aliphatic carbocycles. The maximum Gasteiger partial charge on any atom is -1.00 e. The zero-order chi connectivity index (χ0) is 18.4. The Hall–Kier alpha value is -2.26. The molecule has 3 nitrogen and oxygen atoms in total. The second-order valence-corrected chi connectivity index (χ2v) is 7.00. The van der Waals surface area contributed by atoms with E-state index in [0.29, 0.717) is 0 Å². The van der Waals surface area contributed by atoms with E-state index in [0.717, 1.165) is 48.8 Å². The quantitative estimate of drug-likeness (QED) is 0.461. The van der Waals surface area contributed by atoms with Gasteiger partial charge in [0.1, 0.15) is 0 Å². The Morgan fingerprint density at radius 2 is 1.33 bits per heavy atom. The Kier molecular flexibility index (Phi) is 7.93. The average molecular weight is 419 g/mol. The van der Waals surface area contributed by atoms with Crippen molar-refractivity contribution in [1.29, 1.82) is 0 Å². The molecular weight excluding hydrogens is 398 g/mol. The number of benzene rings is 2. The number of aliphatic imine (C=N–C) groups is 2. The van der Waals surface area contributed by atoms with Crippen molar-refractivity contribution < 1.29 is 27.4 Å². The normalized spacial score (nSPS) is 11.1. The molecule has 0 aliphatic rings. The first-order chi connectivity index (χ1) is 12.7. The molecule has 0 saturated heterocycles. The molecular formula is C22H21ClFeN3. The SMILES string of the molecule is [CH3][Fe+][c]1ccc(C=Nc2ccccc2C)nc1C=Nc1ccccc1C.[Cl-]. The van der Waals surface area contributed by atoms with E-state index >= 15 is 0 Å². The first-order valence-electron chi connectivity index (χ1n) is 8.33. The molecule has 139 valence electrons. The van der Waals surface area contributed by atoms with Crippen LogP contribution in [0, 0.1) is 13.8 Å². The van der Waals surface area contributed by atoms with Crippen LogP contribution in [0.15, 0.2) is 70.6 Å². The summed E-state index contributed by atoms with van der Waals surface area (Å²) >= 11 is 0.914. The predicted molar refractivity (Wildman–Crippen MR) is 107 cm³/mol. The van der Waals surface area contributed by atoms with Gasteiger partial charge in [0.15, 0.2) is 0 Å². The van der Waals surface area contributed by atoms with E-state index in [9.17, 15) is 0 Å². The van der Waals surface area contributed by atoms with E-state index < -0.39 is 0 Å². The van der Waals surface area contributed by atoms with E-state index in [-0.39, 0.29) is 12.4 Å². The first-order valence-corrected chi connectivity index (χ1v) is 9.99. The van der Waals surface area contributed by atoms with Crippen LogP contribution in [0.5, 0.6) is 0 Å². The Labute approximate surface area is 173 Å². The van der Waals surface area contributed by atoms with Crippen molar-refractivity contribution in [1.82, 2.24) is 4.98 Å². The molecule has 0 fully saturated rings. The summed E-state index contributed by atoms with van der Waals surface area (Å²) in [5.74, 6) is 2.13. The Morgan fingerprint density at radius 1 is 0.778 bits per heavy atom. The van der Waals surface area contributed by atoms with Crippen LogP contribution < -0.4 is 16.9 Å². The van der Waals surface area contributed by atoms with E-state index in [2.05, 4.69) is 47.9 Å². The molecule has 0 saturated carbocycles. The summed E-state index contributed by atoms with van der Waals surface area (Å²) in [6, 6.07) is 20.3. The predicted octanol–water partition coefficient (Wildman–Crippen LogP) is 1.96. The van der Waals surface area contributed by atoms with Gasteiger partial charge in [-0.2, -0.15) is 0 Å². The largest absolute Gasteiger partial charge is 1.00 e. The van der Waals surface area contributed by atoms with Crippen LogP contribution >= 0.6 is 0 Å². The molecule has 1 aromatic heterocycles. The molecule has 0 bridgehead atoms. The summed E-state index contributed by atoms with van der Waals surface area (Å²) in [7, 11) is 0. The second-order valence-electron chi connectivity index (χ2n) is 5.86. The monoisotopic (exact) mass is 418 g/mol. The van der Waals surface area contributed by atoms with Gasteiger partial charge in [-0.3, -0.25) is 0 Å². The van der Waals surface area contributed by atoms with Crippen LogP contribution in [-0.4, -0.2) is 17.4 Å². The Morgan fingerprint density at radius 3 is 1.89 bits per heavy atom. The molecule has 3 rings (SSSR count). The van der Waals surface area contributed by atoms with Gasteiger partial charge in [0.2, 0.25) is 0 Å². The third-order valence-electron chi connectivity index (χ3n) is 3.97. The third kappa shape index (κ3) is 5.61. The Bertz CT molecular complexity index is 967. The fraction of sp³-hybridized carbons (Fsp3) is 0.136. The van der Waals surface area contributed by atoms with Crippen molar-refractivity contribution in [3.63, 3.8) is 0 Å². The fourth-order valence-corrected chi connectivity index (χ4v) is 3.16. The topological polar surface area (TPSA) is 37.6 Å². The van der Waals surface area contributed by atoms with E-state index in [1.165, 1.54) is 4.46 Å². The molecule has 3 aromatic rings. The van der Waals surface area contributed by atoms with Crippen molar-refractivity contribution in [2.45, 2.75) is 19.7 Å². The van der Waals surface area contributed by atoms with Gasteiger partial charge in [-0.05, 0) is 0 Å². The van der Waals surface area contributed by atoms with Crippen LogP contribution in [0.1, 0.15) is 22.5 Å². The van der Waals surface area contributed by atoms with Crippen LogP contribution in [-0.2, 0) is 15.0 Å². The molecule has 0 amide bonds. The number of para-hydroxylation sites is 2. The van der Waals surface area contributed by atoms with Gasteiger partial charge < -0.3 is 12.4 Å². The second kappa shape index (κ2) is 10.2. The van der Waals surface area contributed by atoms with Crippen LogP contribution in [0.3, 0.4) is 0 Å². The van der Waals surface area contributed by atoms with Crippen molar-refractivity contribution in [2.75, 3.05) is 0 Å². The fourth-order valence-electron chi connectivity index (χ4n) is 2.46. The van der Waals surface area contributed by atoms with Gasteiger partial charge in [-0.15, -0.1) is 0 Å². The van der Waals surface area contributed by atoms with Crippen molar-refractivity contribution in [3.8, 4) is 0 Å². The number of aryl methyl sites for hydroxylation is 2. The number of hydrogen-bond donors (Lipinski definition) is 0. The van der Waals surface area contributed by atoms with Crippen LogP contribution in [0.4, 0.5) is 11.4 Å². The van der Waals surface area contributed by atoms with Crippen molar-refractivity contribution in [2.24, 2.45) is 9.98 Å². The summed E-state index contributed by atoms with van der Waals surface area (Å²) in [5, 5.41) is 0. The summed E-state index contributed by atoms with van der Waals surface area (Å²) < 4.78 is 1.18. The van der Waals surface area contributed by atoms with Gasteiger partial charge in [0.05, 0.1) is 0 Å². The molecule has 2 aromatic carbocycles. The molecule has 0 aliphatic heterocycles. The zero-order valence-corrected chi connectivity index (χ0v) is 17.4. The minimum atomic E-state index is 0. The molecule has 0 unspecified atom stereocenters. The van der Waals surface area contributed by atoms with Crippen molar-refractivity contribution >= 4 is 28.3 Å². The van der Waals surface area contributed by atoms with Crippen LogP contribution in [0.25, 0.3) is 0 Å². The van der Waals surface area contributed by atoms with E-state index in [1.54, 1.807) is 0 Å². The summed E-state index contributed by atoms with van der Waals surface area (Å²) in [6.07, 6.45) is 3.67. The number of pyridine rings is 1. The molecule has 27 heavy (non-hydrogen) atoms. The summed E-state index contributed by atoms with van der Waals surface area (Å²) in [5.41, 5.74) is 5.95. The Balaban J connectivity index is 0.00000261. The maximum atomic E-state index is 4.73. The minimum absolute atomic E-state index is 0. The first kappa shape index (κ1) is 21.0. The molecule has 0 N–H and O–H groups in total. The molecule has 0 spiro atoms. The third-order valence-corrected chi connectivity index (χ3v) is 5.03. The summed E-state index contributed by atoms with van der Waals surface area (Å²) in [6.45, 7) is 4.12. The number of aromatic nitrogens is 1. The van der Waals surface area contributed by atoms with E-state index in [1.807, 2.05) is 54.9 Å². The van der Waals surface area contributed by atoms with E-state index in [4.69, 9.17) is 4.98 Å².